The Bertz CT molecular complexity index is 1260. The van der Waals surface area contributed by atoms with Crippen molar-refractivity contribution in [3.63, 3.8) is 0 Å². The highest BCUT2D eigenvalue weighted by molar-refractivity contribution is 7.17. The first-order chi connectivity index (χ1) is 16.8. The van der Waals surface area contributed by atoms with Crippen LogP contribution in [0, 0.1) is 18.3 Å². The summed E-state index contributed by atoms with van der Waals surface area (Å²) in [7, 11) is 0. The highest BCUT2D eigenvalue weighted by Gasteiger charge is 2.27. The van der Waals surface area contributed by atoms with Gasteiger partial charge in [-0.05, 0) is 45.9 Å². The molecule has 0 unspecified atom stereocenters. The van der Waals surface area contributed by atoms with Crippen LogP contribution in [0.3, 0.4) is 0 Å². The van der Waals surface area contributed by atoms with Gasteiger partial charge in [0, 0.05) is 42.4 Å². The zero-order valence-corrected chi connectivity index (χ0v) is 21.1. The molecule has 0 saturated carbocycles. The van der Waals surface area contributed by atoms with Crippen molar-refractivity contribution in [2.75, 3.05) is 19.7 Å². The fourth-order valence-electron chi connectivity index (χ4n) is 3.87. The Kier molecular flexibility index (Phi) is 7.45. The minimum absolute atomic E-state index is 0.000471. The number of carbonyl (C=O) groups excluding carboxylic acids is 1. The molecule has 35 heavy (non-hydrogen) atoms. The quantitative estimate of drug-likeness (QED) is 0.487. The average Bonchev–Trinajstić information content (AvgIpc) is 3.46. The van der Waals surface area contributed by atoms with E-state index in [4.69, 9.17) is 14.9 Å². The van der Waals surface area contributed by atoms with Gasteiger partial charge in [-0.25, -0.2) is 4.68 Å². The van der Waals surface area contributed by atoms with Crippen LogP contribution in [0.5, 0.6) is 5.75 Å². The molecule has 3 heterocycles. The molecule has 1 amide bonds. The lowest BCUT2D eigenvalue weighted by Crippen LogP contribution is -2.43. The van der Waals surface area contributed by atoms with Crippen molar-refractivity contribution in [3.05, 3.63) is 40.7 Å². The van der Waals surface area contributed by atoms with E-state index in [0.717, 1.165) is 22.5 Å². The van der Waals surface area contributed by atoms with Crippen molar-refractivity contribution in [1.29, 1.82) is 5.26 Å². The summed E-state index contributed by atoms with van der Waals surface area (Å²) in [6.07, 6.45) is 0.639. The van der Waals surface area contributed by atoms with Crippen LogP contribution in [0.2, 0.25) is 0 Å². The summed E-state index contributed by atoms with van der Waals surface area (Å²) in [6.45, 7) is 8.91. The molecule has 0 fully saturated rings. The molecule has 2 aromatic heterocycles. The second kappa shape index (κ2) is 10.5. The number of hydrogen-bond donors (Lipinski definition) is 2. The van der Waals surface area contributed by atoms with E-state index in [9.17, 15) is 10.1 Å². The van der Waals surface area contributed by atoms with Crippen LogP contribution in [0.4, 0.5) is 0 Å². The number of aliphatic hydroxyl groups is 1. The fraction of sp³-hybridized carbons (Fsp3) is 0.458. The second-order valence-electron chi connectivity index (χ2n) is 8.83. The average molecular weight is 496 g/mol. The monoisotopic (exact) mass is 495 g/mol. The van der Waals surface area contributed by atoms with Gasteiger partial charge in [0.2, 0.25) is 11.0 Å². The number of benzene rings is 1. The third kappa shape index (κ3) is 5.35. The number of rotatable bonds is 8. The summed E-state index contributed by atoms with van der Waals surface area (Å²) >= 11 is 1.39. The molecule has 11 heteroatoms. The van der Waals surface area contributed by atoms with Gasteiger partial charge in [-0.1, -0.05) is 11.3 Å². The van der Waals surface area contributed by atoms with E-state index in [-0.39, 0.29) is 31.2 Å². The molecule has 0 aliphatic carbocycles. The smallest absolute Gasteiger partial charge is 0.236 e. The summed E-state index contributed by atoms with van der Waals surface area (Å²) in [4.78, 5) is 14.4. The molecule has 184 valence electrons. The number of amides is 1. The van der Waals surface area contributed by atoms with E-state index in [0.29, 0.717) is 41.0 Å². The SMILES string of the molecule is Cc1c2c(nn1-c1nnc(-c3ccc(OC(C)C)c(C#N)c3)s1)CCN(C(=O)CN[C@@H](C)CO)C2. The molecule has 0 bridgehead atoms. The van der Waals surface area contributed by atoms with Crippen molar-refractivity contribution < 1.29 is 14.6 Å². The molecule has 0 saturated heterocycles. The summed E-state index contributed by atoms with van der Waals surface area (Å²) in [5.41, 5.74) is 4.15. The highest BCUT2D eigenvalue weighted by atomic mass is 32.1. The van der Waals surface area contributed by atoms with Crippen molar-refractivity contribution in [3.8, 4) is 27.5 Å². The minimum Gasteiger partial charge on any atom is -0.490 e. The third-order valence-corrected chi connectivity index (χ3v) is 6.77. The Labute approximate surface area is 208 Å². The minimum atomic E-state index is -0.126. The van der Waals surface area contributed by atoms with Crippen LogP contribution in [-0.2, 0) is 17.8 Å². The molecule has 1 aliphatic rings. The van der Waals surface area contributed by atoms with Gasteiger partial charge in [0.1, 0.15) is 16.8 Å². The third-order valence-electron chi connectivity index (χ3n) is 5.82. The van der Waals surface area contributed by atoms with Crippen LogP contribution in [0.15, 0.2) is 18.2 Å². The van der Waals surface area contributed by atoms with E-state index >= 15 is 0 Å². The Morgan fingerprint density at radius 2 is 2.14 bits per heavy atom. The lowest BCUT2D eigenvalue weighted by atomic mass is 10.1. The largest absolute Gasteiger partial charge is 0.490 e. The first kappa shape index (κ1) is 24.8. The molecule has 10 nitrogen and oxygen atoms in total. The van der Waals surface area contributed by atoms with E-state index in [1.54, 1.807) is 16.8 Å². The molecule has 1 atom stereocenters. The number of fused-ring (bicyclic) bond motifs is 1. The van der Waals surface area contributed by atoms with Gasteiger partial charge in [-0.2, -0.15) is 10.4 Å². The van der Waals surface area contributed by atoms with Crippen molar-refractivity contribution in [1.82, 2.24) is 30.2 Å². The maximum Gasteiger partial charge on any atom is 0.236 e. The lowest BCUT2D eigenvalue weighted by Gasteiger charge is -2.27. The van der Waals surface area contributed by atoms with Gasteiger partial charge in [0.25, 0.3) is 0 Å². The first-order valence-corrected chi connectivity index (χ1v) is 12.4. The standard InChI is InChI=1S/C24H29N7O3S/c1-14(2)34-21-6-5-17(9-18(21)10-25)23-27-28-24(35-23)31-16(4)19-12-30(8-7-20(19)29-31)22(33)11-26-15(3)13-32/h5-6,9,14-15,26,32H,7-8,11-13H2,1-4H3/t15-/m0/s1. The van der Waals surface area contributed by atoms with Crippen LogP contribution < -0.4 is 10.1 Å². The number of nitrogens with zero attached hydrogens (tertiary/aromatic N) is 6. The zero-order valence-electron chi connectivity index (χ0n) is 20.3. The first-order valence-electron chi connectivity index (χ1n) is 11.5. The molecular weight excluding hydrogens is 466 g/mol. The lowest BCUT2D eigenvalue weighted by molar-refractivity contribution is -0.131. The molecule has 4 rings (SSSR count). The van der Waals surface area contributed by atoms with Crippen LogP contribution >= 0.6 is 11.3 Å². The van der Waals surface area contributed by atoms with E-state index in [1.165, 1.54) is 11.3 Å². The topological polar surface area (TPSA) is 129 Å². The number of aromatic nitrogens is 4. The molecule has 0 radical (unpaired) electrons. The van der Waals surface area contributed by atoms with Gasteiger partial charge in [-0.3, -0.25) is 4.79 Å². The Hall–Kier alpha value is -3.33. The molecule has 3 aromatic rings. The number of carbonyl (C=O) groups is 1. The number of aliphatic hydroxyl groups excluding tert-OH is 1. The Morgan fingerprint density at radius 1 is 1.34 bits per heavy atom. The highest BCUT2D eigenvalue weighted by Crippen LogP contribution is 2.31. The maximum absolute atomic E-state index is 12.6. The normalized spacial score (nSPS) is 14.0. The van der Waals surface area contributed by atoms with Gasteiger partial charge in [0.05, 0.1) is 30.5 Å². The summed E-state index contributed by atoms with van der Waals surface area (Å²) in [5, 5.41) is 36.5. The van der Waals surface area contributed by atoms with Crippen LogP contribution in [0.25, 0.3) is 15.7 Å². The molecule has 1 aromatic carbocycles. The van der Waals surface area contributed by atoms with Crippen molar-refractivity contribution in [2.45, 2.75) is 52.8 Å². The van der Waals surface area contributed by atoms with Gasteiger partial charge < -0.3 is 20.1 Å². The van der Waals surface area contributed by atoms with E-state index in [1.807, 2.05) is 38.7 Å². The number of nitriles is 1. The Morgan fingerprint density at radius 3 is 2.86 bits per heavy atom. The maximum atomic E-state index is 12.6. The Balaban J connectivity index is 1.53. The van der Waals surface area contributed by atoms with Gasteiger partial charge in [0.15, 0.2) is 0 Å². The number of ether oxygens (including phenoxy) is 1. The van der Waals surface area contributed by atoms with E-state index in [2.05, 4.69) is 21.6 Å². The zero-order chi connectivity index (χ0) is 25.1. The predicted molar refractivity (Wildman–Crippen MR) is 131 cm³/mol. The molecule has 0 spiro atoms. The van der Waals surface area contributed by atoms with Crippen LogP contribution in [-0.4, -0.2) is 67.7 Å². The van der Waals surface area contributed by atoms with Crippen molar-refractivity contribution >= 4 is 17.2 Å². The van der Waals surface area contributed by atoms with E-state index < -0.39 is 0 Å². The van der Waals surface area contributed by atoms with Gasteiger partial charge >= 0.3 is 0 Å². The summed E-state index contributed by atoms with van der Waals surface area (Å²) in [5.74, 6) is 0.547. The van der Waals surface area contributed by atoms with Crippen molar-refractivity contribution in [2.24, 2.45) is 0 Å². The fourth-order valence-corrected chi connectivity index (χ4v) is 4.72. The summed E-state index contributed by atoms with van der Waals surface area (Å²) < 4.78 is 7.49. The molecule has 2 N–H and O–H groups in total. The molecular formula is C24H29N7O3S. The van der Waals surface area contributed by atoms with Crippen LogP contribution in [0.1, 0.15) is 43.3 Å². The van der Waals surface area contributed by atoms with Gasteiger partial charge in [-0.15, -0.1) is 10.2 Å². The predicted octanol–water partition coefficient (Wildman–Crippen LogP) is 2.21. The number of hydrogen-bond acceptors (Lipinski definition) is 9. The second-order valence-corrected chi connectivity index (χ2v) is 9.79. The summed E-state index contributed by atoms with van der Waals surface area (Å²) in [6, 6.07) is 7.48. The number of nitrogens with one attached hydrogen (secondary N) is 1. The molecule has 1 aliphatic heterocycles.